The molecule has 4 atom stereocenters. The molecule has 0 bridgehead atoms. The molecule has 0 aliphatic rings. The summed E-state index contributed by atoms with van der Waals surface area (Å²) < 4.78 is 286. The molecule has 0 amide bonds. The van der Waals surface area contributed by atoms with Crippen molar-refractivity contribution >= 4 is 103 Å². The van der Waals surface area contributed by atoms with Gasteiger partial charge in [-0.25, -0.2) is 0 Å². The molecule has 0 spiro atoms. The molecule has 0 fully saturated rings. The molecule has 8 rings (SSSR count). The normalized spacial score (nSPS) is 14.1. The van der Waals surface area contributed by atoms with Crippen molar-refractivity contribution in [2.24, 2.45) is 0 Å². The van der Waals surface area contributed by atoms with Crippen LogP contribution in [0.2, 0.25) is 0 Å². The van der Waals surface area contributed by atoms with Crippen LogP contribution in [0.4, 0.5) is 22.7 Å². The summed E-state index contributed by atoms with van der Waals surface area (Å²) in [6, 6.07) is 39.2. The molecule has 712 valence electrons. The molecule has 0 aliphatic heterocycles. The molecular weight excluding hydrogens is 1830 g/mol. The summed E-state index contributed by atoms with van der Waals surface area (Å²) in [6.07, 6.45) is 26.4. The van der Waals surface area contributed by atoms with Gasteiger partial charge in [-0.15, -0.1) is 0 Å². The van der Waals surface area contributed by atoms with Gasteiger partial charge in [-0.3, -0.25) is 0 Å². The molecule has 0 heterocycles. The molecule has 33 heteroatoms. The van der Waals surface area contributed by atoms with Crippen molar-refractivity contribution in [2.45, 2.75) is 345 Å². The van der Waals surface area contributed by atoms with Crippen molar-refractivity contribution in [2.75, 3.05) is 22.9 Å². The maximum absolute atomic E-state index is 16.9. The second kappa shape index (κ2) is 52.1. The fraction of sp³-hybridized carbons (Fsp3) is 0.500. The first-order valence-corrected chi connectivity index (χ1v) is 60.5. The van der Waals surface area contributed by atoms with E-state index in [1.165, 1.54) is 121 Å². The Labute approximate surface area is 776 Å². The van der Waals surface area contributed by atoms with Gasteiger partial charge in [-0.05, 0) is 0 Å². The van der Waals surface area contributed by atoms with Crippen molar-refractivity contribution in [3.8, 4) is 0 Å². The van der Waals surface area contributed by atoms with Gasteiger partial charge < -0.3 is 0 Å². The van der Waals surface area contributed by atoms with Crippen LogP contribution in [0.15, 0.2) is 233 Å². The van der Waals surface area contributed by atoms with E-state index >= 15 is 67.3 Å². The summed E-state index contributed by atoms with van der Waals surface area (Å²) in [7, 11) is -45.2. The van der Waals surface area contributed by atoms with Gasteiger partial charge in [0.1, 0.15) is 0 Å². The fourth-order valence-electron chi connectivity index (χ4n) is 16.7. The number of sulfone groups is 4. The van der Waals surface area contributed by atoms with Gasteiger partial charge in [-0.1, -0.05) is 105 Å². The molecule has 0 aromatic heterocycles. The first kappa shape index (κ1) is 107. The van der Waals surface area contributed by atoms with Gasteiger partial charge in [0, 0.05) is 0 Å². The summed E-state index contributed by atoms with van der Waals surface area (Å²) in [5.41, 5.74) is 22.6. The Balaban J connectivity index is 1.45. The maximum atomic E-state index is 16.9. The van der Waals surface area contributed by atoms with Crippen molar-refractivity contribution in [3.05, 3.63) is 216 Å². The number of unbranched alkanes of at least 4 members (excludes halogenated alkanes) is 32. The van der Waals surface area contributed by atoms with Gasteiger partial charge in [0.05, 0.1) is 0 Å². The fourth-order valence-corrected chi connectivity index (χ4v) is 39.1. The molecule has 8 N–H and O–H groups in total. The predicted octanol–water partition coefficient (Wildman–Crippen LogP) is 23.5. The zero-order valence-corrected chi connectivity index (χ0v) is 83.4. The number of benzene rings is 8. The molecule has 4 unspecified atom stereocenters. The monoisotopic (exact) mass is 1970 g/mol. The van der Waals surface area contributed by atoms with E-state index in [4.69, 9.17) is 34.0 Å². The summed E-state index contributed by atoms with van der Waals surface area (Å²) in [4.78, 5) is -6.37. The Bertz CT molecular complexity index is 5140. The third-order valence-corrected chi connectivity index (χ3v) is 45.8. The van der Waals surface area contributed by atoms with Crippen molar-refractivity contribution in [1.29, 1.82) is 0 Å². The molecule has 0 radical (unpaired) electrons. The summed E-state index contributed by atoms with van der Waals surface area (Å²) in [6.45, 7) is 8.40. The van der Waals surface area contributed by atoms with Gasteiger partial charge in [0.15, 0.2) is 0 Å². The van der Waals surface area contributed by atoms with E-state index in [1.807, 2.05) is 0 Å². The number of para-hydroxylation sites is 4. The van der Waals surface area contributed by atoms with Crippen LogP contribution in [0.25, 0.3) is 0 Å². The number of rotatable bonds is 64. The standard InChI is InChI=1S/4C24H35NO5S2.Ti/c4*1-2-3-4-5-6-7-8-9-10-17-22(20-15-11-13-18-23(20)32(28,29)30)31(26,27)24-19-14-12-16-21(24)25;/h4*11-16,18-19,22H,2-10,17,25H2,1H3,(H,28,29,30);/q;;;;+4/p-4. The van der Waals surface area contributed by atoms with Crippen molar-refractivity contribution in [3.63, 3.8) is 0 Å². The van der Waals surface area contributed by atoms with Gasteiger partial charge in [0.25, 0.3) is 0 Å². The molecule has 24 nitrogen and oxygen atoms in total. The molecular formula is C96H136N4O20S8Ti. The molecule has 0 aliphatic carbocycles. The molecule has 8 aromatic rings. The van der Waals surface area contributed by atoms with E-state index in [1.54, 1.807) is 0 Å². The van der Waals surface area contributed by atoms with Crippen LogP contribution >= 0.6 is 0 Å². The topological polar surface area (TPSA) is 414 Å². The summed E-state index contributed by atoms with van der Waals surface area (Å²) >= 11 is -8.96. The Morgan fingerprint density at radius 1 is 0.202 bits per heavy atom. The second-order valence-electron chi connectivity index (χ2n) is 33.6. The average molecular weight is 1970 g/mol. The molecule has 8 aromatic carbocycles. The first-order chi connectivity index (χ1) is 61.6. The predicted molar refractivity (Wildman–Crippen MR) is 509 cm³/mol. The van der Waals surface area contributed by atoms with E-state index in [0.717, 1.165) is 227 Å². The van der Waals surface area contributed by atoms with Crippen LogP contribution < -0.4 is 22.9 Å². The van der Waals surface area contributed by atoms with Crippen LogP contribution in [-0.2, 0) is 109 Å². The summed E-state index contributed by atoms with van der Waals surface area (Å²) in [5.74, 6) is 0. The zero-order valence-electron chi connectivity index (χ0n) is 75.3. The Morgan fingerprint density at radius 2 is 0.341 bits per heavy atom. The molecule has 129 heavy (non-hydrogen) atoms. The minimum atomic E-state index is -8.96. The second-order valence-corrected chi connectivity index (χ2v) is 52.7. The van der Waals surface area contributed by atoms with E-state index < -0.39 is 180 Å². The van der Waals surface area contributed by atoms with E-state index in [2.05, 4.69) is 27.7 Å². The SMILES string of the molecule is CCCCCCCCCCCC(c1ccccc1S(=O)(=O)[O][Ti]([O]S(=O)(=O)c1ccccc1C(CCCCCCCCCCC)S(=O)(=O)c1ccccc1N)([O]S(=O)(=O)c1ccccc1C(CCCCCCCCCCC)S(=O)(=O)c1ccccc1N)[O]S(=O)(=O)c1ccccc1C(CCCCCCCCCCC)S(=O)(=O)c1ccccc1N)S(=O)(=O)c1ccccc1N. The van der Waals surface area contributed by atoms with Gasteiger partial charge in [-0.2, -0.15) is 0 Å². The van der Waals surface area contributed by atoms with Crippen LogP contribution in [-0.4, -0.2) is 67.3 Å². The number of nitrogen functional groups attached to an aromatic ring is 4. The summed E-state index contributed by atoms with van der Waals surface area (Å²) in [5, 5.41) is -7.66. The van der Waals surface area contributed by atoms with Crippen LogP contribution in [0, 0.1) is 0 Å². The number of hydrogen-bond donors (Lipinski definition) is 4. The number of hydrogen-bond acceptors (Lipinski definition) is 24. The third-order valence-electron chi connectivity index (χ3n) is 23.7. The van der Waals surface area contributed by atoms with E-state index in [-0.39, 0.29) is 74.1 Å². The van der Waals surface area contributed by atoms with Gasteiger partial charge >= 0.3 is 678 Å². The Morgan fingerprint density at radius 3 is 0.504 bits per heavy atom. The van der Waals surface area contributed by atoms with Crippen molar-refractivity contribution < 1.29 is 96.5 Å². The Hall–Kier alpha value is -6.89. The zero-order chi connectivity index (χ0) is 93.8. The molecule has 0 saturated carbocycles. The van der Waals surface area contributed by atoms with E-state index in [9.17, 15) is 0 Å². The van der Waals surface area contributed by atoms with Crippen molar-refractivity contribution in [1.82, 2.24) is 0 Å². The minimum absolute atomic E-state index is 0.136. The van der Waals surface area contributed by atoms with Gasteiger partial charge in [0.2, 0.25) is 0 Å². The molecule has 0 saturated heterocycles. The average Bonchev–Trinajstić information content (AvgIpc) is 0.734. The number of anilines is 4. The quantitative estimate of drug-likeness (QED) is 0.0156. The van der Waals surface area contributed by atoms with Crippen LogP contribution in [0.3, 0.4) is 0 Å². The first-order valence-electron chi connectivity index (χ1n) is 46.1. The van der Waals surface area contributed by atoms with Crippen LogP contribution in [0.5, 0.6) is 0 Å². The van der Waals surface area contributed by atoms with Crippen LogP contribution in [0.1, 0.15) is 328 Å². The van der Waals surface area contributed by atoms with E-state index in [0.29, 0.717) is 51.4 Å². The Kier molecular flexibility index (Phi) is 43.4. The third kappa shape index (κ3) is 30.6. The number of nitrogens with two attached hydrogens (primary N) is 4.